The zero-order valence-corrected chi connectivity index (χ0v) is 20.1. The first-order valence-electron chi connectivity index (χ1n) is 12.2. The van der Waals surface area contributed by atoms with Crippen LogP contribution in [0.1, 0.15) is 57.9 Å². The van der Waals surface area contributed by atoms with Crippen LogP contribution in [0.25, 0.3) is 0 Å². The van der Waals surface area contributed by atoms with Crippen molar-refractivity contribution in [1.29, 1.82) is 0 Å². The molecule has 1 aromatic carbocycles. The molecule has 0 spiro atoms. The molecule has 1 unspecified atom stereocenters. The van der Waals surface area contributed by atoms with Gasteiger partial charge in [-0.3, -0.25) is 0 Å². The van der Waals surface area contributed by atoms with Crippen molar-refractivity contribution in [2.75, 3.05) is 19.6 Å². The summed E-state index contributed by atoms with van der Waals surface area (Å²) in [7, 11) is 0. The lowest BCUT2D eigenvalue weighted by Crippen LogP contribution is -2.45. The number of carbonyl (C=O) groups excluding carboxylic acids is 1. The summed E-state index contributed by atoms with van der Waals surface area (Å²) >= 11 is 0. The van der Waals surface area contributed by atoms with Crippen LogP contribution in [0.15, 0.2) is 77.4 Å². The number of piperidine rings is 1. The number of ether oxygens (including phenoxy) is 1. The van der Waals surface area contributed by atoms with Gasteiger partial charge in [0, 0.05) is 31.6 Å². The topological polar surface area (TPSA) is 53.6 Å². The van der Waals surface area contributed by atoms with E-state index >= 15 is 0 Å². The Morgan fingerprint density at radius 3 is 2.64 bits per heavy atom. The van der Waals surface area contributed by atoms with Gasteiger partial charge >= 0.3 is 6.03 Å². The molecule has 2 N–H and O–H groups in total. The smallest absolute Gasteiger partial charge is 0.317 e. The predicted octanol–water partition coefficient (Wildman–Crippen LogP) is 5.61. The molecule has 2 atom stereocenters. The van der Waals surface area contributed by atoms with Crippen molar-refractivity contribution < 1.29 is 9.53 Å². The van der Waals surface area contributed by atoms with E-state index in [0.717, 1.165) is 57.0 Å². The van der Waals surface area contributed by atoms with Crippen LogP contribution >= 0.6 is 0 Å². The van der Waals surface area contributed by atoms with E-state index in [2.05, 4.69) is 60.9 Å². The third kappa shape index (κ3) is 6.53. The molecular weight excluding hydrogens is 410 g/mol. The van der Waals surface area contributed by atoms with E-state index in [1.54, 1.807) is 0 Å². The van der Waals surface area contributed by atoms with Gasteiger partial charge in [-0.25, -0.2) is 4.79 Å². The van der Waals surface area contributed by atoms with E-state index in [9.17, 15) is 4.79 Å². The van der Waals surface area contributed by atoms with Crippen molar-refractivity contribution in [3.05, 3.63) is 83.0 Å². The number of likely N-dealkylation sites (tertiary alicyclic amines) is 1. The molecular formula is C28H37N3O2. The molecule has 1 saturated carbocycles. The van der Waals surface area contributed by atoms with Crippen molar-refractivity contribution in [3.63, 3.8) is 0 Å². The minimum atomic E-state index is 0.103. The summed E-state index contributed by atoms with van der Waals surface area (Å²) in [6.07, 6.45) is 12.4. The highest BCUT2D eigenvalue weighted by Crippen LogP contribution is 2.40. The lowest BCUT2D eigenvalue weighted by molar-refractivity contribution is 0.170. The highest BCUT2D eigenvalue weighted by molar-refractivity contribution is 5.75. The molecule has 2 fully saturated rings. The number of benzene rings is 1. The fraction of sp³-hybridized carbons (Fsp3) is 0.464. The van der Waals surface area contributed by atoms with Crippen molar-refractivity contribution in [3.8, 4) is 0 Å². The predicted molar refractivity (Wildman–Crippen MR) is 133 cm³/mol. The zero-order chi connectivity index (χ0) is 23.2. The van der Waals surface area contributed by atoms with Gasteiger partial charge in [-0.15, -0.1) is 0 Å². The Hall–Kier alpha value is -2.95. The highest BCUT2D eigenvalue weighted by Gasteiger charge is 2.40. The van der Waals surface area contributed by atoms with Gasteiger partial charge in [0.1, 0.15) is 5.76 Å². The van der Waals surface area contributed by atoms with Gasteiger partial charge in [0.05, 0.1) is 0 Å². The summed E-state index contributed by atoms with van der Waals surface area (Å²) in [6.45, 7) is 8.77. The molecule has 5 heteroatoms. The van der Waals surface area contributed by atoms with Crippen molar-refractivity contribution in [2.24, 2.45) is 5.92 Å². The molecule has 0 bridgehead atoms. The average molecular weight is 448 g/mol. The number of rotatable bonds is 7. The SMILES string of the molecule is C/C=C(\C=C(/C)CC1CCN(C(=O)N[C@@H]2CC2c2ccccc2)CC1)OC1=CC=C(C)CN1. The Kier molecular flexibility index (Phi) is 7.58. The maximum absolute atomic E-state index is 12.7. The largest absolute Gasteiger partial charge is 0.442 e. The molecule has 0 aromatic heterocycles. The minimum absolute atomic E-state index is 0.103. The van der Waals surface area contributed by atoms with Crippen LogP contribution in [0.3, 0.4) is 0 Å². The van der Waals surface area contributed by atoms with Crippen LogP contribution in [0.5, 0.6) is 0 Å². The Morgan fingerprint density at radius 1 is 1.21 bits per heavy atom. The van der Waals surface area contributed by atoms with Gasteiger partial charge in [-0.2, -0.15) is 0 Å². The maximum Gasteiger partial charge on any atom is 0.317 e. The molecule has 1 aliphatic carbocycles. The molecule has 3 aliphatic rings. The molecule has 1 aromatic rings. The van der Waals surface area contributed by atoms with Crippen LogP contribution < -0.4 is 10.6 Å². The number of allylic oxidation sites excluding steroid dienone is 5. The van der Waals surface area contributed by atoms with Gasteiger partial charge in [0.25, 0.3) is 0 Å². The maximum atomic E-state index is 12.7. The van der Waals surface area contributed by atoms with Gasteiger partial charge < -0.3 is 20.3 Å². The van der Waals surface area contributed by atoms with E-state index in [4.69, 9.17) is 4.74 Å². The summed E-state index contributed by atoms with van der Waals surface area (Å²) in [6, 6.07) is 10.9. The summed E-state index contributed by atoms with van der Waals surface area (Å²) < 4.78 is 6.01. The molecule has 0 radical (unpaired) electrons. The van der Waals surface area contributed by atoms with Gasteiger partial charge in [0.2, 0.25) is 0 Å². The Bertz CT molecular complexity index is 953. The summed E-state index contributed by atoms with van der Waals surface area (Å²) in [5.41, 5.74) is 3.94. The Balaban J connectivity index is 1.20. The molecule has 2 heterocycles. The second-order valence-electron chi connectivity index (χ2n) is 9.62. The molecule has 33 heavy (non-hydrogen) atoms. The van der Waals surface area contributed by atoms with Crippen molar-refractivity contribution >= 4 is 6.03 Å². The van der Waals surface area contributed by atoms with Gasteiger partial charge in [0.15, 0.2) is 5.88 Å². The second-order valence-corrected chi connectivity index (χ2v) is 9.62. The quantitative estimate of drug-likeness (QED) is 0.422. The Labute approximate surface area is 198 Å². The Morgan fingerprint density at radius 2 is 1.97 bits per heavy atom. The number of carbonyl (C=O) groups is 1. The number of amides is 2. The lowest BCUT2D eigenvalue weighted by Gasteiger charge is -2.32. The monoisotopic (exact) mass is 447 g/mol. The number of urea groups is 1. The van der Waals surface area contributed by atoms with Crippen molar-refractivity contribution in [2.45, 2.75) is 58.4 Å². The third-order valence-corrected chi connectivity index (χ3v) is 6.80. The summed E-state index contributed by atoms with van der Waals surface area (Å²) in [5.74, 6) is 2.75. The van der Waals surface area contributed by atoms with E-state index in [1.807, 2.05) is 30.0 Å². The third-order valence-electron chi connectivity index (χ3n) is 6.80. The second kappa shape index (κ2) is 10.8. The highest BCUT2D eigenvalue weighted by atomic mass is 16.5. The number of dihydropyridines is 1. The van der Waals surface area contributed by atoms with E-state index in [0.29, 0.717) is 11.8 Å². The lowest BCUT2D eigenvalue weighted by atomic mass is 9.90. The summed E-state index contributed by atoms with van der Waals surface area (Å²) in [4.78, 5) is 14.7. The first-order chi connectivity index (χ1) is 16.0. The summed E-state index contributed by atoms with van der Waals surface area (Å²) in [5, 5.41) is 6.53. The fourth-order valence-electron chi connectivity index (χ4n) is 4.70. The van der Waals surface area contributed by atoms with Crippen LogP contribution in [0.2, 0.25) is 0 Å². The number of hydrogen-bond acceptors (Lipinski definition) is 3. The van der Waals surface area contributed by atoms with E-state index < -0.39 is 0 Å². The standard InChI is InChI=1S/C28H37N3O2/c1-4-24(33-27-11-10-20(2)19-29-27)17-21(3)16-22-12-14-31(15-13-22)28(32)30-26-18-25(26)23-8-6-5-7-9-23/h4-11,17,22,25-26,29H,12-16,18-19H2,1-3H3,(H,30,32)/b21-17+,24-4+/t25?,26-/m1/s1. The molecule has 2 amide bonds. The van der Waals surface area contributed by atoms with Crippen LogP contribution in [-0.2, 0) is 4.74 Å². The molecule has 2 aliphatic heterocycles. The normalized spacial score (nSPS) is 23.9. The van der Waals surface area contributed by atoms with E-state index in [1.165, 1.54) is 16.7 Å². The molecule has 1 saturated heterocycles. The number of nitrogens with one attached hydrogen (secondary N) is 2. The van der Waals surface area contributed by atoms with Crippen LogP contribution in [0, 0.1) is 5.92 Å². The fourth-order valence-corrected chi connectivity index (χ4v) is 4.70. The van der Waals surface area contributed by atoms with Crippen molar-refractivity contribution in [1.82, 2.24) is 15.5 Å². The van der Waals surface area contributed by atoms with Gasteiger partial charge in [-0.05, 0) is 76.2 Å². The average Bonchev–Trinajstić information content (AvgIpc) is 3.60. The first kappa shape index (κ1) is 23.2. The molecule has 4 rings (SSSR count). The number of nitrogens with zero attached hydrogens (tertiary/aromatic N) is 1. The first-order valence-corrected chi connectivity index (χ1v) is 12.2. The van der Waals surface area contributed by atoms with Gasteiger partial charge in [-0.1, -0.05) is 47.6 Å². The van der Waals surface area contributed by atoms with Crippen LogP contribution in [-0.4, -0.2) is 36.6 Å². The molecule has 176 valence electrons. The zero-order valence-electron chi connectivity index (χ0n) is 20.1. The van der Waals surface area contributed by atoms with E-state index in [-0.39, 0.29) is 12.1 Å². The minimum Gasteiger partial charge on any atom is -0.442 e. The van der Waals surface area contributed by atoms with Crippen LogP contribution in [0.4, 0.5) is 4.79 Å². The number of hydrogen-bond donors (Lipinski definition) is 2. The molecule has 5 nitrogen and oxygen atoms in total.